The van der Waals surface area contributed by atoms with Gasteiger partial charge in [-0.25, -0.2) is 9.86 Å². The number of ether oxygens (including phenoxy) is 2. The van der Waals surface area contributed by atoms with E-state index in [-0.39, 0.29) is 12.1 Å². The maximum Gasteiger partial charge on any atom is 0.343 e. The SMILES string of the molecule is COc1ccc(-c2cc(C3CCN(C(=O)N(O)C(C)C)CC3)[nH]c2-c2ccc(OC)cc2)cc1. The first-order valence-electron chi connectivity index (χ1n) is 11.7. The van der Waals surface area contributed by atoms with E-state index in [1.807, 2.05) is 24.3 Å². The Labute approximate surface area is 200 Å². The van der Waals surface area contributed by atoms with Gasteiger partial charge in [0.05, 0.1) is 26.0 Å². The van der Waals surface area contributed by atoms with Crippen LogP contribution < -0.4 is 9.47 Å². The van der Waals surface area contributed by atoms with Crippen LogP contribution in [0.3, 0.4) is 0 Å². The zero-order valence-corrected chi connectivity index (χ0v) is 20.2. The van der Waals surface area contributed by atoms with Crippen molar-refractivity contribution in [1.29, 1.82) is 0 Å². The summed E-state index contributed by atoms with van der Waals surface area (Å²) in [7, 11) is 3.33. The zero-order valence-electron chi connectivity index (χ0n) is 20.2. The van der Waals surface area contributed by atoms with Crippen LogP contribution in [0, 0.1) is 0 Å². The number of amides is 2. The molecule has 1 aliphatic rings. The van der Waals surface area contributed by atoms with Crippen LogP contribution in [0.15, 0.2) is 54.6 Å². The van der Waals surface area contributed by atoms with Crippen molar-refractivity contribution in [3.05, 3.63) is 60.3 Å². The molecule has 0 radical (unpaired) electrons. The summed E-state index contributed by atoms with van der Waals surface area (Å²) in [5, 5.41) is 10.8. The van der Waals surface area contributed by atoms with Crippen molar-refractivity contribution in [3.8, 4) is 33.9 Å². The van der Waals surface area contributed by atoms with Gasteiger partial charge >= 0.3 is 6.03 Å². The van der Waals surface area contributed by atoms with Crippen LogP contribution in [-0.4, -0.2) is 59.5 Å². The minimum atomic E-state index is -0.322. The van der Waals surface area contributed by atoms with Gasteiger partial charge in [0, 0.05) is 30.3 Å². The molecule has 0 atom stereocenters. The van der Waals surface area contributed by atoms with Crippen LogP contribution in [0.1, 0.15) is 38.3 Å². The van der Waals surface area contributed by atoms with Crippen LogP contribution in [0.4, 0.5) is 4.79 Å². The number of methoxy groups -OCH3 is 2. The molecule has 2 N–H and O–H groups in total. The quantitative estimate of drug-likeness (QED) is 0.360. The predicted octanol–water partition coefficient (Wildman–Crippen LogP) is 5.76. The number of carbonyl (C=O) groups is 1. The van der Waals surface area contributed by atoms with E-state index in [2.05, 4.69) is 35.3 Å². The van der Waals surface area contributed by atoms with Crippen molar-refractivity contribution in [2.45, 2.75) is 38.6 Å². The van der Waals surface area contributed by atoms with Gasteiger partial charge in [0.25, 0.3) is 0 Å². The second-order valence-corrected chi connectivity index (χ2v) is 8.95. The number of rotatable bonds is 6. The van der Waals surface area contributed by atoms with Crippen molar-refractivity contribution in [2.24, 2.45) is 0 Å². The molecule has 0 unspecified atom stereocenters. The molecule has 180 valence electrons. The zero-order chi connectivity index (χ0) is 24.2. The maximum atomic E-state index is 12.5. The number of likely N-dealkylation sites (tertiary alicyclic amines) is 1. The molecular weight excluding hydrogens is 430 g/mol. The van der Waals surface area contributed by atoms with Crippen LogP contribution >= 0.6 is 0 Å². The fourth-order valence-corrected chi connectivity index (χ4v) is 4.43. The van der Waals surface area contributed by atoms with Gasteiger partial charge in [0.2, 0.25) is 0 Å². The fraction of sp³-hybridized carbons (Fsp3) is 0.370. The van der Waals surface area contributed by atoms with Crippen molar-refractivity contribution in [2.75, 3.05) is 27.3 Å². The van der Waals surface area contributed by atoms with Gasteiger partial charge < -0.3 is 19.4 Å². The molecule has 4 rings (SSSR count). The summed E-state index contributed by atoms with van der Waals surface area (Å²) in [6.07, 6.45) is 1.67. The number of hydrogen-bond donors (Lipinski definition) is 2. The van der Waals surface area contributed by atoms with Crippen LogP contribution in [0.2, 0.25) is 0 Å². The summed E-state index contributed by atoms with van der Waals surface area (Å²) in [6.45, 7) is 4.82. The van der Waals surface area contributed by atoms with Crippen molar-refractivity contribution in [1.82, 2.24) is 14.9 Å². The highest BCUT2D eigenvalue weighted by Crippen LogP contribution is 2.38. The first-order valence-corrected chi connectivity index (χ1v) is 11.7. The average Bonchev–Trinajstić information content (AvgIpc) is 3.33. The Hall–Kier alpha value is -3.45. The number of benzene rings is 2. The number of aromatic nitrogens is 1. The Morgan fingerprint density at radius 1 is 0.971 bits per heavy atom. The molecule has 0 aliphatic carbocycles. The van der Waals surface area contributed by atoms with Gasteiger partial charge in [-0.3, -0.25) is 5.21 Å². The van der Waals surface area contributed by atoms with Crippen molar-refractivity contribution >= 4 is 6.03 Å². The predicted molar refractivity (Wildman–Crippen MR) is 132 cm³/mol. The second-order valence-electron chi connectivity index (χ2n) is 8.95. The lowest BCUT2D eigenvalue weighted by Gasteiger charge is -2.34. The lowest BCUT2D eigenvalue weighted by Crippen LogP contribution is -2.47. The van der Waals surface area contributed by atoms with Crippen molar-refractivity contribution in [3.63, 3.8) is 0 Å². The normalized spacial score (nSPS) is 14.4. The third-order valence-electron chi connectivity index (χ3n) is 6.51. The van der Waals surface area contributed by atoms with E-state index in [1.54, 1.807) is 33.0 Å². The van der Waals surface area contributed by atoms with Crippen molar-refractivity contribution < 1.29 is 19.5 Å². The van der Waals surface area contributed by atoms with E-state index in [1.165, 1.54) is 0 Å². The number of nitrogens with zero attached hydrogens (tertiary/aromatic N) is 2. The smallest absolute Gasteiger partial charge is 0.343 e. The number of nitrogens with one attached hydrogen (secondary N) is 1. The second kappa shape index (κ2) is 10.2. The number of aromatic amines is 1. The average molecular weight is 464 g/mol. The highest BCUT2D eigenvalue weighted by molar-refractivity contribution is 5.82. The van der Waals surface area contributed by atoms with Gasteiger partial charge in [-0.1, -0.05) is 12.1 Å². The number of hydrogen-bond acceptors (Lipinski definition) is 4. The lowest BCUT2D eigenvalue weighted by atomic mass is 9.93. The van der Waals surface area contributed by atoms with Crippen LogP contribution in [0.25, 0.3) is 22.4 Å². The summed E-state index contributed by atoms with van der Waals surface area (Å²) in [5.74, 6) is 1.94. The number of H-pyrrole nitrogens is 1. The van der Waals surface area contributed by atoms with E-state index in [4.69, 9.17) is 9.47 Å². The first kappa shape index (κ1) is 23.7. The summed E-state index contributed by atoms with van der Waals surface area (Å²) < 4.78 is 10.7. The molecule has 34 heavy (non-hydrogen) atoms. The number of hydroxylamine groups is 2. The van der Waals surface area contributed by atoms with E-state index in [0.29, 0.717) is 19.0 Å². The molecule has 1 fully saturated rings. The minimum absolute atomic E-state index is 0.243. The number of piperidine rings is 1. The van der Waals surface area contributed by atoms with E-state index >= 15 is 0 Å². The van der Waals surface area contributed by atoms with E-state index in [9.17, 15) is 10.0 Å². The molecule has 2 amide bonds. The van der Waals surface area contributed by atoms with E-state index < -0.39 is 0 Å². The number of urea groups is 1. The molecule has 2 aromatic carbocycles. The summed E-state index contributed by atoms with van der Waals surface area (Å²) >= 11 is 0. The summed E-state index contributed by atoms with van der Waals surface area (Å²) in [4.78, 5) is 17.9. The van der Waals surface area contributed by atoms with Gasteiger partial charge in [0.15, 0.2) is 0 Å². The molecule has 0 saturated carbocycles. The standard InChI is InChI=1S/C27H33N3O4/c1-18(2)30(32)27(31)29-15-13-20(14-16-29)25-17-24(19-5-9-22(33-3)10-6-19)26(28-25)21-7-11-23(34-4)12-8-21/h5-12,17-18,20,28,32H,13-16H2,1-4H3. The third kappa shape index (κ3) is 4.89. The first-order chi connectivity index (χ1) is 16.4. The van der Waals surface area contributed by atoms with Gasteiger partial charge in [0.1, 0.15) is 11.5 Å². The number of carbonyl (C=O) groups excluding carboxylic acids is 1. The fourth-order valence-electron chi connectivity index (χ4n) is 4.43. The maximum absolute atomic E-state index is 12.5. The highest BCUT2D eigenvalue weighted by atomic mass is 16.5. The Balaban J connectivity index is 1.61. The topological polar surface area (TPSA) is 78.0 Å². The Bertz CT molecular complexity index is 1030. The summed E-state index contributed by atoms with van der Waals surface area (Å²) in [5.41, 5.74) is 5.53. The van der Waals surface area contributed by atoms with Gasteiger partial charge in [-0.2, -0.15) is 0 Å². The Kier molecular flexibility index (Phi) is 7.12. The molecule has 7 heteroatoms. The molecule has 3 aromatic rings. The Morgan fingerprint density at radius 3 is 2.00 bits per heavy atom. The molecule has 0 spiro atoms. The van der Waals surface area contributed by atoms with Gasteiger partial charge in [-0.05, 0) is 80.3 Å². The molecule has 1 aliphatic heterocycles. The summed E-state index contributed by atoms with van der Waals surface area (Å²) in [6, 6.07) is 17.8. The van der Waals surface area contributed by atoms with Gasteiger partial charge in [-0.15, -0.1) is 0 Å². The molecular formula is C27H33N3O4. The monoisotopic (exact) mass is 463 g/mol. The molecule has 1 aromatic heterocycles. The highest BCUT2D eigenvalue weighted by Gasteiger charge is 2.29. The third-order valence-corrected chi connectivity index (χ3v) is 6.51. The molecule has 7 nitrogen and oxygen atoms in total. The Morgan fingerprint density at radius 2 is 1.50 bits per heavy atom. The largest absolute Gasteiger partial charge is 0.497 e. The molecule has 1 saturated heterocycles. The minimum Gasteiger partial charge on any atom is -0.497 e. The molecule has 2 heterocycles. The van der Waals surface area contributed by atoms with E-state index in [0.717, 1.165) is 57.5 Å². The van der Waals surface area contributed by atoms with Crippen LogP contribution in [0.5, 0.6) is 11.5 Å². The lowest BCUT2D eigenvalue weighted by molar-refractivity contribution is -0.0814. The molecule has 0 bridgehead atoms. The van der Waals surface area contributed by atoms with Crippen LogP contribution in [-0.2, 0) is 0 Å².